The Balaban J connectivity index is 1.86. The van der Waals surface area contributed by atoms with Crippen LogP contribution in [0.4, 0.5) is 0 Å². The fraction of sp³-hybridized carbons (Fsp3) is 0.478. The van der Waals surface area contributed by atoms with Crippen LogP contribution in [0.5, 0.6) is 0 Å². The minimum atomic E-state index is -0.0619. The number of thiophene rings is 1. The van der Waals surface area contributed by atoms with Crippen molar-refractivity contribution in [3.8, 4) is 0 Å². The van der Waals surface area contributed by atoms with E-state index >= 15 is 0 Å². The van der Waals surface area contributed by atoms with E-state index in [2.05, 4.69) is 37.4 Å². The molecule has 0 aliphatic carbocycles. The lowest BCUT2D eigenvalue weighted by Gasteiger charge is -2.38. The molecule has 0 N–H and O–H groups in total. The molecule has 0 radical (unpaired) electrons. The molecular formula is C23H30N2O2S. The van der Waals surface area contributed by atoms with Crippen molar-refractivity contribution in [3.63, 3.8) is 0 Å². The molecule has 2 aromatic rings. The van der Waals surface area contributed by atoms with Gasteiger partial charge < -0.3 is 9.80 Å². The monoisotopic (exact) mass is 398 g/mol. The highest BCUT2D eigenvalue weighted by atomic mass is 32.1. The first kappa shape index (κ1) is 20.6. The molecule has 0 unspecified atom stereocenters. The van der Waals surface area contributed by atoms with Crippen molar-refractivity contribution in [1.29, 1.82) is 0 Å². The Morgan fingerprint density at radius 2 is 1.96 bits per heavy atom. The molecule has 0 spiro atoms. The first-order valence-corrected chi connectivity index (χ1v) is 11.1. The van der Waals surface area contributed by atoms with Gasteiger partial charge in [0.1, 0.15) is 0 Å². The van der Waals surface area contributed by atoms with Gasteiger partial charge in [-0.05, 0) is 54.8 Å². The average molecular weight is 399 g/mol. The lowest BCUT2D eigenvalue weighted by atomic mass is 9.90. The molecule has 4 nitrogen and oxygen atoms in total. The lowest BCUT2D eigenvalue weighted by Crippen LogP contribution is -2.46. The van der Waals surface area contributed by atoms with Gasteiger partial charge >= 0.3 is 0 Å². The number of benzene rings is 1. The number of hydrogen-bond donors (Lipinski definition) is 0. The molecule has 2 amide bonds. The first-order valence-electron chi connectivity index (χ1n) is 10.3. The Morgan fingerprint density at radius 1 is 1.18 bits per heavy atom. The quantitative estimate of drug-likeness (QED) is 0.685. The van der Waals surface area contributed by atoms with Crippen molar-refractivity contribution >= 4 is 23.2 Å². The molecule has 0 saturated carbocycles. The van der Waals surface area contributed by atoms with E-state index in [-0.39, 0.29) is 24.4 Å². The molecule has 1 aromatic heterocycles. The molecule has 1 atom stereocenters. The van der Waals surface area contributed by atoms with Gasteiger partial charge in [0.15, 0.2) is 0 Å². The lowest BCUT2D eigenvalue weighted by molar-refractivity contribution is -0.141. The van der Waals surface area contributed by atoms with E-state index in [0.717, 1.165) is 19.3 Å². The van der Waals surface area contributed by atoms with Gasteiger partial charge in [-0.25, -0.2) is 0 Å². The summed E-state index contributed by atoms with van der Waals surface area (Å²) in [6.45, 7) is 7.57. The van der Waals surface area contributed by atoms with Crippen molar-refractivity contribution in [2.75, 3.05) is 19.6 Å². The molecule has 5 heteroatoms. The molecule has 2 heterocycles. The first-order chi connectivity index (χ1) is 13.6. The van der Waals surface area contributed by atoms with Crippen molar-refractivity contribution in [3.05, 3.63) is 57.3 Å². The van der Waals surface area contributed by atoms with Crippen molar-refractivity contribution in [2.24, 2.45) is 0 Å². The van der Waals surface area contributed by atoms with Crippen LogP contribution in [0.15, 0.2) is 35.7 Å². The number of likely N-dealkylation sites (N-methyl/N-ethyl adjacent to an activating group) is 1. The van der Waals surface area contributed by atoms with Crippen LogP contribution < -0.4 is 0 Å². The Kier molecular flexibility index (Phi) is 6.89. The van der Waals surface area contributed by atoms with Crippen LogP contribution in [0.1, 0.15) is 60.7 Å². The third-order valence-electron chi connectivity index (χ3n) is 5.57. The van der Waals surface area contributed by atoms with Gasteiger partial charge in [0.2, 0.25) is 11.8 Å². The van der Waals surface area contributed by atoms with Crippen LogP contribution in [-0.2, 0) is 16.0 Å². The second kappa shape index (κ2) is 9.37. The van der Waals surface area contributed by atoms with Gasteiger partial charge in [0.05, 0.1) is 12.6 Å². The third-order valence-corrected chi connectivity index (χ3v) is 6.57. The number of unbranched alkanes of at least 4 members (excludes halogenated alkanes) is 1. The number of carbonyl (C=O) groups excluding carboxylic acids is 2. The summed E-state index contributed by atoms with van der Waals surface area (Å²) < 4.78 is 0. The maximum Gasteiger partial charge on any atom is 0.242 e. The third kappa shape index (κ3) is 4.30. The molecule has 150 valence electrons. The van der Waals surface area contributed by atoms with E-state index in [0.29, 0.717) is 19.5 Å². The smallest absolute Gasteiger partial charge is 0.242 e. The number of amides is 2. The number of rotatable bonds is 7. The Morgan fingerprint density at radius 3 is 2.68 bits per heavy atom. The van der Waals surface area contributed by atoms with Crippen LogP contribution in [-0.4, -0.2) is 41.2 Å². The van der Waals surface area contributed by atoms with Crippen LogP contribution in [0.3, 0.4) is 0 Å². The summed E-state index contributed by atoms with van der Waals surface area (Å²) >= 11 is 1.77. The summed E-state index contributed by atoms with van der Waals surface area (Å²) in [4.78, 5) is 30.8. The predicted octanol–water partition coefficient (Wildman–Crippen LogP) is 4.57. The topological polar surface area (TPSA) is 40.6 Å². The predicted molar refractivity (Wildman–Crippen MR) is 115 cm³/mol. The summed E-state index contributed by atoms with van der Waals surface area (Å²) in [6, 6.07) is 10.4. The molecule has 0 fully saturated rings. The number of fused-ring (bicyclic) bond motifs is 1. The Bertz CT molecular complexity index is 830. The molecule has 0 bridgehead atoms. The highest BCUT2D eigenvalue weighted by Crippen LogP contribution is 2.38. The minimum absolute atomic E-state index is 0.0387. The SMILES string of the molecule is CCCCC(=O)N(CC)CC(=O)N1CCc2sccc2[C@@H]1c1ccccc1C. The fourth-order valence-corrected chi connectivity index (χ4v) is 4.83. The zero-order valence-corrected chi connectivity index (χ0v) is 17.9. The molecule has 1 aliphatic rings. The Labute approximate surface area is 172 Å². The van der Waals surface area contributed by atoms with E-state index in [4.69, 9.17) is 0 Å². The van der Waals surface area contributed by atoms with Gasteiger partial charge in [-0.3, -0.25) is 9.59 Å². The van der Waals surface area contributed by atoms with Crippen molar-refractivity contribution in [2.45, 2.75) is 52.5 Å². The maximum absolute atomic E-state index is 13.3. The molecular weight excluding hydrogens is 368 g/mol. The van der Waals surface area contributed by atoms with Crippen LogP contribution in [0.25, 0.3) is 0 Å². The minimum Gasteiger partial charge on any atom is -0.334 e. The van der Waals surface area contributed by atoms with Gasteiger partial charge in [0, 0.05) is 24.4 Å². The molecule has 3 rings (SSSR count). The van der Waals surface area contributed by atoms with Crippen LogP contribution >= 0.6 is 11.3 Å². The number of carbonyl (C=O) groups is 2. The van der Waals surface area contributed by atoms with E-state index in [1.807, 2.05) is 24.0 Å². The largest absolute Gasteiger partial charge is 0.334 e. The van der Waals surface area contributed by atoms with Gasteiger partial charge in [-0.2, -0.15) is 0 Å². The maximum atomic E-state index is 13.3. The van der Waals surface area contributed by atoms with Gasteiger partial charge in [0.25, 0.3) is 0 Å². The number of nitrogens with zero attached hydrogens (tertiary/aromatic N) is 2. The van der Waals surface area contributed by atoms with Crippen molar-refractivity contribution < 1.29 is 9.59 Å². The normalized spacial score (nSPS) is 16.0. The van der Waals surface area contributed by atoms with Crippen molar-refractivity contribution in [1.82, 2.24) is 9.80 Å². The summed E-state index contributed by atoms with van der Waals surface area (Å²) in [7, 11) is 0. The van der Waals surface area contributed by atoms with Crippen LogP contribution in [0, 0.1) is 6.92 Å². The second-order valence-corrected chi connectivity index (χ2v) is 8.41. The summed E-state index contributed by atoms with van der Waals surface area (Å²) in [5, 5.41) is 2.12. The summed E-state index contributed by atoms with van der Waals surface area (Å²) in [5.74, 6) is 0.121. The zero-order valence-electron chi connectivity index (χ0n) is 17.1. The number of hydrogen-bond acceptors (Lipinski definition) is 3. The summed E-state index contributed by atoms with van der Waals surface area (Å²) in [6.07, 6.45) is 3.27. The molecule has 28 heavy (non-hydrogen) atoms. The van der Waals surface area contributed by atoms with E-state index in [1.165, 1.54) is 21.6 Å². The van der Waals surface area contributed by atoms with E-state index < -0.39 is 0 Å². The summed E-state index contributed by atoms with van der Waals surface area (Å²) in [5.41, 5.74) is 3.60. The van der Waals surface area contributed by atoms with Gasteiger partial charge in [-0.1, -0.05) is 37.6 Å². The standard InChI is InChI=1S/C23H30N2O2S/c1-4-6-11-21(26)24(5-2)16-22(27)25-14-12-20-19(13-15-28-20)23(25)18-10-8-7-9-17(18)3/h7-10,13,15,23H,4-6,11-12,14,16H2,1-3H3/t23-/m0/s1. The highest BCUT2D eigenvalue weighted by molar-refractivity contribution is 7.10. The van der Waals surface area contributed by atoms with Crippen LogP contribution in [0.2, 0.25) is 0 Å². The molecule has 0 saturated heterocycles. The Hall–Kier alpha value is -2.14. The van der Waals surface area contributed by atoms with Gasteiger partial charge in [-0.15, -0.1) is 11.3 Å². The average Bonchev–Trinajstić information content (AvgIpc) is 3.18. The highest BCUT2D eigenvalue weighted by Gasteiger charge is 2.34. The van der Waals surface area contributed by atoms with E-state index in [9.17, 15) is 9.59 Å². The van der Waals surface area contributed by atoms with E-state index in [1.54, 1.807) is 16.2 Å². The fourth-order valence-electron chi connectivity index (χ4n) is 3.93. The molecule has 1 aromatic carbocycles. The second-order valence-electron chi connectivity index (χ2n) is 7.41. The molecule has 1 aliphatic heterocycles. The zero-order chi connectivity index (χ0) is 20.1. The number of aryl methyl sites for hydroxylation is 1.